The third kappa shape index (κ3) is 4.55. The summed E-state index contributed by atoms with van der Waals surface area (Å²) in [4.78, 5) is 31.6. The number of aryl methyl sites for hydroxylation is 1. The molecule has 7 heteroatoms. The Bertz CT molecular complexity index is 993. The lowest BCUT2D eigenvalue weighted by Gasteiger charge is -2.09. The van der Waals surface area contributed by atoms with E-state index in [9.17, 15) is 9.59 Å². The molecule has 0 fully saturated rings. The van der Waals surface area contributed by atoms with Crippen molar-refractivity contribution in [2.45, 2.75) is 13.5 Å². The number of fused-ring (bicyclic) bond motifs is 1. The average Bonchev–Trinajstić information content (AvgIpc) is 3.06. The van der Waals surface area contributed by atoms with E-state index in [-0.39, 0.29) is 23.3 Å². The van der Waals surface area contributed by atoms with Crippen LogP contribution in [0.4, 0.5) is 0 Å². The van der Waals surface area contributed by atoms with Crippen molar-refractivity contribution in [3.8, 4) is 0 Å². The fourth-order valence-corrected chi connectivity index (χ4v) is 2.93. The number of aromatic nitrogens is 2. The summed E-state index contributed by atoms with van der Waals surface area (Å²) in [5, 5.41) is 5.73. The Morgan fingerprint density at radius 3 is 2.64 bits per heavy atom. The zero-order valence-corrected chi connectivity index (χ0v) is 16.4. The van der Waals surface area contributed by atoms with Gasteiger partial charge in [-0.15, -0.1) is 0 Å². The first kappa shape index (κ1) is 19.6. The molecule has 0 radical (unpaired) electrons. The lowest BCUT2D eigenvalue weighted by atomic mass is 10.1. The summed E-state index contributed by atoms with van der Waals surface area (Å²) in [6.45, 7) is 3.63. The molecule has 0 aliphatic heterocycles. The normalized spacial score (nSPS) is 11.0. The zero-order chi connectivity index (χ0) is 20.1. The summed E-state index contributed by atoms with van der Waals surface area (Å²) in [6.07, 6.45) is 1.74. The summed E-state index contributed by atoms with van der Waals surface area (Å²) in [5.74, 6) is -0.417. The summed E-state index contributed by atoms with van der Waals surface area (Å²) >= 11 is 0. The van der Waals surface area contributed by atoms with Crippen LogP contribution in [0.15, 0.2) is 48.7 Å². The van der Waals surface area contributed by atoms with E-state index in [1.807, 2.05) is 56.3 Å². The molecule has 0 atom stereocenters. The molecule has 2 heterocycles. The minimum Gasteiger partial charge on any atom is -0.349 e. The maximum atomic E-state index is 12.7. The number of likely N-dealkylation sites (N-methyl/N-ethyl adjacent to an activating group) is 1. The van der Waals surface area contributed by atoms with E-state index < -0.39 is 0 Å². The molecule has 2 amide bonds. The van der Waals surface area contributed by atoms with Gasteiger partial charge in [-0.1, -0.05) is 35.9 Å². The number of hydrogen-bond donors (Lipinski definition) is 2. The number of imidazole rings is 1. The standard InChI is InChI=1S/C21H25N5O2/c1-15-7-6-8-16(13-15)14-23-21(28)19-24-18(17-9-4-5-11-26(17)19)20(27)22-10-12-25(2)3/h4-9,11,13H,10,12,14H2,1-3H3,(H,22,27)(H,23,28). The molecule has 0 saturated carbocycles. The van der Waals surface area contributed by atoms with E-state index in [0.717, 1.165) is 17.7 Å². The third-order valence-electron chi connectivity index (χ3n) is 4.35. The van der Waals surface area contributed by atoms with Crippen molar-refractivity contribution in [3.63, 3.8) is 0 Å². The Balaban J connectivity index is 1.79. The number of benzene rings is 1. The van der Waals surface area contributed by atoms with Crippen molar-refractivity contribution < 1.29 is 9.59 Å². The fraction of sp³-hybridized carbons (Fsp3) is 0.286. The number of carbonyl (C=O) groups is 2. The number of rotatable bonds is 7. The average molecular weight is 379 g/mol. The molecular formula is C21H25N5O2. The number of hydrogen-bond acceptors (Lipinski definition) is 4. The number of nitrogens with zero attached hydrogens (tertiary/aromatic N) is 3. The minimum absolute atomic E-state index is 0.195. The first-order valence-electron chi connectivity index (χ1n) is 9.19. The van der Waals surface area contributed by atoms with Crippen molar-refractivity contribution in [2.75, 3.05) is 27.2 Å². The van der Waals surface area contributed by atoms with Crippen molar-refractivity contribution in [2.24, 2.45) is 0 Å². The smallest absolute Gasteiger partial charge is 0.287 e. The van der Waals surface area contributed by atoms with Gasteiger partial charge in [0.05, 0.1) is 5.52 Å². The van der Waals surface area contributed by atoms with Gasteiger partial charge in [0, 0.05) is 25.8 Å². The predicted molar refractivity (Wildman–Crippen MR) is 108 cm³/mol. The molecule has 7 nitrogen and oxygen atoms in total. The second-order valence-corrected chi connectivity index (χ2v) is 6.97. The van der Waals surface area contributed by atoms with Crippen molar-refractivity contribution in [3.05, 3.63) is 71.3 Å². The van der Waals surface area contributed by atoms with E-state index in [2.05, 4.69) is 15.6 Å². The number of pyridine rings is 1. The van der Waals surface area contributed by atoms with Crippen LogP contribution in [0.25, 0.3) is 5.52 Å². The van der Waals surface area contributed by atoms with Gasteiger partial charge >= 0.3 is 0 Å². The van der Waals surface area contributed by atoms with E-state index in [4.69, 9.17) is 0 Å². The fourth-order valence-electron chi connectivity index (χ4n) is 2.93. The van der Waals surface area contributed by atoms with Crippen LogP contribution in [0.5, 0.6) is 0 Å². The van der Waals surface area contributed by atoms with Gasteiger partial charge in [0.1, 0.15) is 0 Å². The van der Waals surface area contributed by atoms with Gasteiger partial charge < -0.3 is 15.5 Å². The predicted octanol–water partition coefficient (Wildman–Crippen LogP) is 1.86. The lowest BCUT2D eigenvalue weighted by Crippen LogP contribution is -2.31. The maximum Gasteiger partial charge on any atom is 0.287 e. The summed E-state index contributed by atoms with van der Waals surface area (Å²) in [7, 11) is 3.88. The Morgan fingerprint density at radius 2 is 1.89 bits per heavy atom. The van der Waals surface area contributed by atoms with Gasteiger partial charge in [0.2, 0.25) is 5.82 Å². The molecule has 0 saturated heterocycles. The van der Waals surface area contributed by atoms with Gasteiger partial charge in [-0.3, -0.25) is 14.0 Å². The molecule has 2 N–H and O–H groups in total. The first-order valence-corrected chi connectivity index (χ1v) is 9.19. The molecule has 146 valence electrons. The molecule has 0 aliphatic rings. The topological polar surface area (TPSA) is 78.7 Å². The maximum absolute atomic E-state index is 12.7. The van der Waals surface area contributed by atoms with Crippen LogP contribution in [-0.4, -0.2) is 53.3 Å². The second-order valence-electron chi connectivity index (χ2n) is 6.97. The summed E-state index contributed by atoms with van der Waals surface area (Å²) in [5.41, 5.74) is 3.00. The van der Waals surface area contributed by atoms with Crippen LogP contribution in [0.3, 0.4) is 0 Å². The first-order chi connectivity index (χ1) is 13.5. The van der Waals surface area contributed by atoms with Gasteiger partial charge in [-0.05, 0) is 38.7 Å². The Kier molecular flexibility index (Phi) is 6.06. The summed E-state index contributed by atoms with van der Waals surface area (Å²) < 4.78 is 1.65. The van der Waals surface area contributed by atoms with Crippen molar-refractivity contribution in [1.29, 1.82) is 0 Å². The quantitative estimate of drug-likeness (QED) is 0.657. The van der Waals surface area contributed by atoms with Crippen LogP contribution < -0.4 is 10.6 Å². The molecule has 0 spiro atoms. The number of amides is 2. The Labute approximate surface area is 164 Å². The van der Waals surface area contributed by atoms with Crippen LogP contribution in [0.1, 0.15) is 32.2 Å². The van der Waals surface area contributed by atoms with Gasteiger partial charge in [0.15, 0.2) is 5.69 Å². The highest BCUT2D eigenvalue weighted by molar-refractivity contribution is 6.02. The van der Waals surface area contributed by atoms with Crippen molar-refractivity contribution >= 4 is 17.3 Å². The number of nitrogens with one attached hydrogen (secondary N) is 2. The SMILES string of the molecule is Cc1cccc(CNC(=O)c2nc(C(=O)NCCN(C)C)c3ccccn23)c1. The van der Waals surface area contributed by atoms with Crippen LogP contribution >= 0.6 is 0 Å². The molecule has 0 bridgehead atoms. The summed E-state index contributed by atoms with van der Waals surface area (Å²) in [6, 6.07) is 13.4. The highest BCUT2D eigenvalue weighted by atomic mass is 16.2. The van der Waals surface area contributed by atoms with E-state index in [1.165, 1.54) is 0 Å². The Hall–Kier alpha value is -3.19. The van der Waals surface area contributed by atoms with Crippen LogP contribution in [-0.2, 0) is 6.54 Å². The van der Waals surface area contributed by atoms with Gasteiger partial charge in [-0.2, -0.15) is 0 Å². The molecule has 28 heavy (non-hydrogen) atoms. The molecule has 3 rings (SSSR count). The Morgan fingerprint density at radius 1 is 1.07 bits per heavy atom. The van der Waals surface area contributed by atoms with E-state index in [1.54, 1.807) is 22.7 Å². The van der Waals surface area contributed by atoms with Crippen molar-refractivity contribution in [1.82, 2.24) is 24.9 Å². The highest BCUT2D eigenvalue weighted by Crippen LogP contribution is 2.13. The monoisotopic (exact) mass is 379 g/mol. The molecule has 2 aromatic heterocycles. The van der Waals surface area contributed by atoms with Gasteiger partial charge in [-0.25, -0.2) is 4.98 Å². The molecular weight excluding hydrogens is 354 g/mol. The second kappa shape index (κ2) is 8.67. The number of carbonyl (C=O) groups excluding carboxylic acids is 2. The highest BCUT2D eigenvalue weighted by Gasteiger charge is 2.21. The van der Waals surface area contributed by atoms with Crippen LogP contribution in [0, 0.1) is 6.92 Å². The molecule has 0 unspecified atom stereocenters. The molecule has 1 aromatic carbocycles. The third-order valence-corrected chi connectivity index (χ3v) is 4.35. The molecule has 0 aliphatic carbocycles. The van der Waals surface area contributed by atoms with Gasteiger partial charge in [0.25, 0.3) is 11.8 Å². The van der Waals surface area contributed by atoms with E-state index >= 15 is 0 Å². The minimum atomic E-state index is -0.324. The molecule has 3 aromatic rings. The van der Waals surface area contributed by atoms with E-state index in [0.29, 0.717) is 18.6 Å². The zero-order valence-electron chi connectivity index (χ0n) is 16.4. The largest absolute Gasteiger partial charge is 0.349 e. The van der Waals surface area contributed by atoms with Crippen LogP contribution in [0.2, 0.25) is 0 Å². The lowest BCUT2D eigenvalue weighted by molar-refractivity contribution is 0.0939.